The van der Waals surface area contributed by atoms with E-state index in [2.05, 4.69) is 4.99 Å². The van der Waals surface area contributed by atoms with Crippen LogP contribution in [0, 0.1) is 0 Å². The molecule has 8 heteroatoms. The summed E-state index contributed by atoms with van der Waals surface area (Å²) in [5.74, 6) is 0.293. The van der Waals surface area contributed by atoms with Crippen molar-refractivity contribution >= 4 is 41.6 Å². The molecule has 0 radical (unpaired) electrons. The first-order valence-corrected chi connectivity index (χ1v) is 10.8. The van der Waals surface area contributed by atoms with Crippen LogP contribution >= 0.6 is 11.6 Å². The second-order valence-corrected chi connectivity index (χ2v) is 7.72. The molecule has 0 aromatic heterocycles. The number of hydrogen-bond donors (Lipinski definition) is 0. The number of carbonyl (C=O) groups is 2. The molecular formula is C27H20ClNO6. The second kappa shape index (κ2) is 10.7. The third kappa shape index (κ3) is 5.96. The maximum atomic E-state index is 12.3. The number of ether oxygens (including phenoxy) is 4. The molecule has 35 heavy (non-hydrogen) atoms. The molecule has 176 valence electrons. The lowest BCUT2D eigenvalue weighted by Crippen LogP contribution is -2.05. The third-order valence-corrected chi connectivity index (χ3v) is 5.19. The van der Waals surface area contributed by atoms with E-state index in [0.29, 0.717) is 27.6 Å². The van der Waals surface area contributed by atoms with Crippen molar-refractivity contribution in [3.05, 3.63) is 100 Å². The van der Waals surface area contributed by atoms with Gasteiger partial charge in [-0.25, -0.2) is 14.6 Å². The summed E-state index contributed by atoms with van der Waals surface area (Å²) >= 11 is 5.86. The standard InChI is InChI=1S/C27H20ClNO6/c1-32-21-11-7-19(8-12-21)26-29-22(27(31)35-26)15-18-5-13-23(24(16-18)33-2)34-25(30)14-6-17-3-9-20(28)10-4-17/h3-16H,1-2H3/b14-6+,22-15-. The number of rotatable bonds is 7. The molecule has 3 aromatic rings. The summed E-state index contributed by atoms with van der Waals surface area (Å²) in [4.78, 5) is 28.9. The number of esters is 2. The Morgan fingerprint density at radius 2 is 1.63 bits per heavy atom. The van der Waals surface area contributed by atoms with E-state index in [0.717, 1.165) is 5.56 Å². The van der Waals surface area contributed by atoms with Gasteiger partial charge < -0.3 is 18.9 Å². The number of benzene rings is 3. The zero-order valence-electron chi connectivity index (χ0n) is 18.9. The van der Waals surface area contributed by atoms with Gasteiger partial charge in [0, 0.05) is 16.7 Å². The van der Waals surface area contributed by atoms with Crippen LogP contribution in [-0.4, -0.2) is 32.1 Å². The SMILES string of the molecule is COc1ccc(C2=N/C(=C\c3ccc(OC(=O)/C=C/c4ccc(Cl)cc4)c(OC)c3)C(=O)O2)cc1. The lowest BCUT2D eigenvalue weighted by molar-refractivity contribution is -0.130. The minimum atomic E-state index is -0.572. The lowest BCUT2D eigenvalue weighted by Gasteiger charge is -2.08. The van der Waals surface area contributed by atoms with E-state index in [1.807, 2.05) is 0 Å². The van der Waals surface area contributed by atoms with Crippen molar-refractivity contribution in [3.63, 3.8) is 0 Å². The zero-order chi connectivity index (χ0) is 24.8. The monoisotopic (exact) mass is 489 g/mol. The molecule has 0 saturated heterocycles. The summed E-state index contributed by atoms with van der Waals surface area (Å²) in [5.41, 5.74) is 2.20. The first-order chi connectivity index (χ1) is 16.9. The molecule has 0 bridgehead atoms. The molecule has 0 fully saturated rings. The average Bonchev–Trinajstić information content (AvgIpc) is 3.24. The van der Waals surface area contributed by atoms with Gasteiger partial charge in [0.2, 0.25) is 5.90 Å². The fourth-order valence-electron chi connectivity index (χ4n) is 3.16. The van der Waals surface area contributed by atoms with Crippen LogP contribution in [0.5, 0.6) is 17.2 Å². The number of halogens is 1. The maximum absolute atomic E-state index is 12.3. The minimum absolute atomic E-state index is 0.133. The summed E-state index contributed by atoms with van der Waals surface area (Å²) in [6, 6.07) is 18.9. The molecule has 1 heterocycles. The van der Waals surface area contributed by atoms with E-state index in [4.69, 9.17) is 30.5 Å². The van der Waals surface area contributed by atoms with Crippen molar-refractivity contribution < 1.29 is 28.5 Å². The van der Waals surface area contributed by atoms with E-state index in [9.17, 15) is 9.59 Å². The smallest absolute Gasteiger partial charge is 0.363 e. The van der Waals surface area contributed by atoms with Crippen molar-refractivity contribution in [2.45, 2.75) is 0 Å². The highest BCUT2D eigenvalue weighted by molar-refractivity contribution is 6.30. The Kier molecular flexibility index (Phi) is 7.28. The van der Waals surface area contributed by atoms with Crippen LogP contribution in [0.25, 0.3) is 12.2 Å². The highest BCUT2D eigenvalue weighted by Gasteiger charge is 2.24. The fraction of sp³-hybridized carbons (Fsp3) is 0.0741. The Morgan fingerprint density at radius 3 is 2.31 bits per heavy atom. The van der Waals surface area contributed by atoms with Gasteiger partial charge in [-0.3, -0.25) is 0 Å². The number of cyclic esters (lactones) is 1. The second-order valence-electron chi connectivity index (χ2n) is 7.28. The average molecular weight is 490 g/mol. The summed E-state index contributed by atoms with van der Waals surface area (Å²) in [7, 11) is 3.03. The number of hydrogen-bond acceptors (Lipinski definition) is 7. The van der Waals surface area contributed by atoms with E-state index in [-0.39, 0.29) is 17.3 Å². The minimum Gasteiger partial charge on any atom is -0.497 e. The summed E-state index contributed by atoms with van der Waals surface area (Å²) in [5, 5.41) is 0.609. The summed E-state index contributed by atoms with van der Waals surface area (Å²) in [6.45, 7) is 0. The normalized spacial score (nSPS) is 14.1. The molecule has 0 spiro atoms. The largest absolute Gasteiger partial charge is 0.497 e. The first-order valence-electron chi connectivity index (χ1n) is 10.5. The van der Waals surface area contributed by atoms with Crippen LogP contribution in [0.15, 0.2) is 83.5 Å². The Labute approximate surface area is 206 Å². The third-order valence-electron chi connectivity index (χ3n) is 4.94. The topological polar surface area (TPSA) is 83.4 Å². The lowest BCUT2D eigenvalue weighted by atomic mass is 10.1. The van der Waals surface area contributed by atoms with Crippen LogP contribution in [0.4, 0.5) is 0 Å². The van der Waals surface area contributed by atoms with Gasteiger partial charge in [0.15, 0.2) is 17.2 Å². The fourth-order valence-corrected chi connectivity index (χ4v) is 3.29. The van der Waals surface area contributed by atoms with E-state index < -0.39 is 11.9 Å². The predicted octanol–water partition coefficient (Wildman–Crippen LogP) is 5.32. The number of nitrogens with zero attached hydrogens (tertiary/aromatic N) is 1. The molecule has 0 saturated carbocycles. The summed E-state index contributed by atoms with van der Waals surface area (Å²) < 4.78 is 21.2. The van der Waals surface area contributed by atoms with Crippen molar-refractivity contribution in [1.82, 2.24) is 0 Å². The molecule has 7 nitrogen and oxygen atoms in total. The highest BCUT2D eigenvalue weighted by atomic mass is 35.5. The Morgan fingerprint density at radius 1 is 0.914 bits per heavy atom. The summed E-state index contributed by atoms with van der Waals surface area (Å²) in [6.07, 6.45) is 4.49. The van der Waals surface area contributed by atoms with Gasteiger partial charge in [0.05, 0.1) is 14.2 Å². The number of carbonyl (C=O) groups excluding carboxylic acids is 2. The van der Waals surface area contributed by atoms with Crippen molar-refractivity contribution in [1.29, 1.82) is 0 Å². The molecular weight excluding hydrogens is 470 g/mol. The van der Waals surface area contributed by atoms with E-state index >= 15 is 0 Å². The highest BCUT2D eigenvalue weighted by Crippen LogP contribution is 2.30. The molecule has 0 aliphatic carbocycles. The van der Waals surface area contributed by atoms with Crippen LogP contribution in [0.1, 0.15) is 16.7 Å². The molecule has 0 unspecified atom stereocenters. The van der Waals surface area contributed by atoms with Crippen LogP contribution in [0.3, 0.4) is 0 Å². The molecule has 1 aliphatic rings. The first kappa shape index (κ1) is 23.8. The van der Waals surface area contributed by atoms with Gasteiger partial charge in [-0.05, 0) is 71.8 Å². The van der Waals surface area contributed by atoms with Crippen LogP contribution < -0.4 is 14.2 Å². The van der Waals surface area contributed by atoms with E-state index in [1.165, 1.54) is 13.2 Å². The van der Waals surface area contributed by atoms with Gasteiger partial charge in [-0.15, -0.1) is 0 Å². The quantitative estimate of drug-likeness (QED) is 0.254. The van der Waals surface area contributed by atoms with Crippen molar-refractivity contribution in [2.75, 3.05) is 14.2 Å². The van der Waals surface area contributed by atoms with E-state index in [1.54, 1.807) is 86.0 Å². The molecule has 0 N–H and O–H groups in total. The molecule has 0 atom stereocenters. The van der Waals surface area contributed by atoms with Gasteiger partial charge in [-0.1, -0.05) is 29.8 Å². The predicted molar refractivity (Wildman–Crippen MR) is 133 cm³/mol. The van der Waals surface area contributed by atoms with Crippen molar-refractivity contribution in [2.24, 2.45) is 4.99 Å². The molecule has 1 aliphatic heterocycles. The van der Waals surface area contributed by atoms with Crippen LogP contribution in [-0.2, 0) is 14.3 Å². The zero-order valence-corrected chi connectivity index (χ0v) is 19.6. The van der Waals surface area contributed by atoms with Gasteiger partial charge in [0.25, 0.3) is 0 Å². The molecule has 3 aromatic carbocycles. The number of methoxy groups -OCH3 is 2. The molecule has 0 amide bonds. The van der Waals surface area contributed by atoms with Gasteiger partial charge in [-0.2, -0.15) is 0 Å². The maximum Gasteiger partial charge on any atom is 0.363 e. The molecule has 4 rings (SSSR count). The number of aliphatic imine (C=N–C) groups is 1. The van der Waals surface area contributed by atoms with Gasteiger partial charge >= 0.3 is 11.9 Å². The van der Waals surface area contributed by atoms with Gasteiger partial charge in [0.1, 0.15) is 5.75 Å². The van der Waals surface area contributed by atoms with Crippen LogP contribution in [0.2, 0.25) is 5.02 Å². The Balaban J connectivity index is 1.49. The Hall–Kier alpha value is -4.36. The Bertz CT molecular complexity index is 1340. The van der Waals surface area contributed by atoms with Crippen molar-refractivity contribution in [3.8, 4) is 17.2 Å².